The number of anilines is 2. The Kier molecular flexibility index (Phi) is 5.80. The molecule has 3 N–H and O–H groups in total. The second-order valence-electron chi connectivity index (χ2n) is 6.54. The Morgan fingerprint density at radius 2 is 1.81 bits per heavy atom. The molecule has 1 aliphatic heterocycles. The lowest BCUT2D eigenvalue weighted by Crippen LogP contribution is -3.08. The molecule has 3 rings (SSSR count). The lowest BCUT2D eigenvalue weighted by atomic mass is 10.2. The van der Waals surface area contributed by atoms with Crippen molar-refractivity contribution in [3.8, 4) is 0 Å². The third-order valence-electron chi connectivity index (χ3n) is 4.51. The van der Waals surface area contributed by atoms with Gasteiger partial charge >= 0.3 is 0 Å². The SMILES string of the molecule is O=C(CNc1cccc([N+](=O)[O-])c1)Nc1ccc(C[NH+]2CCCC2)cc1. The molecule has 1 heterocycles. The van der Waals surface area contributed by atoms with Crippen LogP contribution in [0.15, 0.2) is 48.5 Å². The third-order valence-corrected chi connectivity index (χ3v) is 4.51. The van der Waals surface area contributed by atoms with Gasteiger partial charge in [0.2, 0.25) is 5.91 Å². The second-order valence-corrected chi connectivity index (χ2v) is 6.54. The molecule has 26 heavy (non-hydrogen) atoms. The quantitative estimate of drug-likeness (QED) is 0.522. The van der Waals surface area contributed by atoms with Gasteiger partial charge in [0.15, 0.2) is 0 Å². The molecule has 0 radical (unpaired) electrons. The summed E-state index contributed by atoms with van der Waals surface area (Å²) >= 11 is 0. The zero-order valence-electron chi connectivity index (χ0n) is 14.5. The number of carbonyl (C=O) groups is 1. The van der Waals surface area contributed by atoms with Crippen molar-refractivity contribution < 1.29 is 14.6 Å². The second kappa shape index (κ2) is 8.44. The largest absolute Gasteiger partial charge is 0.376 e. The first kappa shape index (κ1) is 17.9. The maximum Gasteiger partial charge on any atom is 0.271 e. The first-order valence-electron chi connectivity index (χ1n) is 8.81. The van der Waals surface area contributed by atoms with E-state index in [1.54, 1.807) is 17.0 Å². The number of carbonyl (C=O) groups excluding carboxylic acids is 1. The number of nitro groups is 1. The van der Waals surface area contributed by atoms with E-state index in [1.165, 1.54) is 43.6 Å². The minimum atomic E-state index is -0.462. The predicted octanol–water partition coefficient (Wildman–Crippen LogP) is 1.82. The third kappa shape index (κ3) is 5.03. The number of hydrogen-bond acceptors (Lipinski definition) is 4. The number of nitro benzene ring substituents is 1. The van der Waals surface area contributed by atoms with Crippen molar-refractivity contribution in [2.45, 2.75) is 19.4 Å². The van der Waals surface area contributed by atoms with Crippen LogP contribution in [-0.4, -0.2) is 30.5 Å². The first-order chi connectivity index (χ1) is 12.6. The summed E-state index contributed by atoms with van der Waals surface area (Å²) in [6.07, 6.45) is 2.61. The average molecular weight is 355 g/mol. The molecule has 1 amide bonds. The van der Waals surface area contributed by atoms with Crippen molar-refractivity contribution in [2.75, 3.05) is 30.3 Å². The van der Waals surface area contributed by atoms with Crippen LogP contribution in [-0.2, 0) is 11.3 Å². The lowest BCUT2D eigenvalue weighted by Gasteiger charge is -2.12. The Morgan fingerprint density at radius 1 is 1.08 bits per heavy atom. The van der Waals surface area contributed by atoms with Crippen LogP contribution in [0.1, 0.15) is 18.4 Å². The van der Waals surface area contributed by atoms with Crippen molar-refractivity contribution in [1.29, 1.82) is 0 Å². The highest BCUT2D eigenvalue weighted by Crippen LogP contribution is 2.16. The number of non-ortho nitro benzene ring substituents is 1. The van der Waals surface area contributed by atoms with Crippen molar-refractivity contribution >= 4 is 23.0 Å². The predicted molar refractivity (Wildman–Crippen MR) is 100 cm³/mol. The molecule has 0 unspecified atom stereocenters. The number of amides is 1. The molecule has 0 saturated carbocycles. The molecule has 2 aromatic rings. The number of quaternary nitrogens is 1. The summed E-state index contributed by atoms with van der Waals surface area (Å²) in [5, 5.41) is 16.5. The highest BCUT2D eigenvalue weighted by molar-refractivity contribution is 5.93. The molecule has 0 spiro atoms. The topological polar surface area (TPSA) is 88.7 Å². The number of rotatable bonds is 7. The number of benzene rings is 2. The summed E-state index contributed by atoms with van der Waals surface area (Å²) in [7, 11) is 0. The summed E-state index contributed by atoms with van der Waals surface area (Å²) in [5.41, 5.74) is 2.55. The normalized spacial score (nSPS) is 14.2. The van der Waals surface area contributed by atoms with Gasteiger partial charge < -0.3 is 15.5 Å². The first-order valence-corrected chi connectivity index (χ1v) is 8.81. The minimum Gasteiger partial charge on any atom is -0.376 e. The standard InChI is InChI=1S/C19H22N4O3/c24-19(13-20-17-4-3-5-18(12-17)23(25)26)21-16-8-6-15(7-9-16)14-22-10-1-2-11-22/h3-9,12,20H,1-2,10-11,13-14H2,(H,21,24)/p+1. The van der Waals surface area contributed by atoms with E-state index >= 15 is 0 Å². The van der Waals surface area contributed by atoms with Gasteiger partial charge in [-0.1, -0.05) is 18.2 Å². The number of likely N-dealkylation sites (tertiary alicyclic amines) is 1. The number of hydrogen-bond donors (Lipinski definition) is 3. The Bertz CT molecular complexity index is 771. The molecule has 1 aliphatic rings. The Morgan fingerprint density at radius 3 is 2.50 bits per heavy atom. The number of nitrogens with zero attached hydrogens (tertiary/aromatic N) is 1. The molecule has 0 atom stereocenters. The van der Waals surface area contributed by atoms with E-state index in [2.05, 4.69) is 22.8 Å². The highest BCUT2D eigenvalue weighted by atomic mass is 16.6. The van der Waals surface area contributed by atoms with Crippen LogP contribution in [0.25, 0.3) is 0 Å². The van der Waals surface area contributed by atoms with Gasteiger partial charge in [-0.05, 0) is 18.2 Å². The van der Waals surface area contributed by atoms with E-state index in [0.29, 0.717) is 5.69 Å². The van der Waals surface area contributed by atoms with E-state index in [0.717, 1.165) is 12.2 Å². The van der Waals surface area contributed by atoms with Crippen LogP contribution >= 0.6 is 0 Å². The van der Waals surface area contributed by atoms with Crippen molar-refractivity contribution in [3.05, 3.63) is 64.2 Å². The van der Waals surface area contributed by atoms with Gasteiger partial charge in [-0.25, -0.2) is 0 Å². The molecule has 0 aromatic heterocycles. The molecular weight excluding hydrogens is 332 g/mol. The summed E-state index contributed by atoms with van der Waals surface area (Å²) in [4.78, 5) is 24.0. The molecule has 7 nitrogen and oxygen atoms in total. The maximum absolute atomic E-state index is 12.1. The minimum absolute atomic E-state index is 0.00821. The lowest BCUT2D eigenvalue weighted by molar-refractivity contribution is -0.901. The van der Waals surface area contributed by atoms with Crippen LogP contribution in [0.5, 0.6) is 0 Å². The smallest absolute Gasteiger partial charge is 0.271 e. The highest BCUT2D eigenvalue weighted by Gasteiger charge is 2.15. The van der Waals surface area contributed by atoms with Gasteiger partial charge in [-0.15, -0.1) is 0 Å². The van der Waals surface area contributed by atoms with E-state index in [9.17, 15) is 14.9 Å². The fraction of sp³-hybridized carbons (Fsp3) is 0.316. The van der Waals surface area contributed by atoms with Crippen molar-refractivity contribution in [1.82, 2.24) is 0 Å². The van der Waals surface area contributed by atoms with E-state index in [4.69, 9.17) is 0 Å². The van der Waals surface area contributed by atoms with Crippen LogP contribution in [0.3, 0.4) is 0 Å². The van der Waals surface area contributed by atoms with Crippen molar-refractivity contribution in [3.63, 3.8) is 0 Å². The van der Waals surface area contributed by atoms with Gasteiger partial charge in [0.1, 0.15) is 6.54 Å². The Labute approximate surface area is 152 Å². The van der Waals surface area contributed by atoms with Gasteiger partial charge in [0.25, 0.3) is 5.69 Å². The monoisotopic (exact) mass is 355 g/mol. The van der Waals surface area contributed by atoms with E-state index in [-0.39, 0.29) is 18.1 Å². The summed E-state index contributed by atoms with van der Waals surface area (Å²) in [5.74, 6) is -0.200. The maximum atomic E-state index is 12.1. The summed E-state index contributed by atoms with van der Waals surface area (Å²) in [6.45, 7) is 3.55. The molecule has 136 valence electrons. The molecule has 1 fully saturated rings. The van der Waals surface area contributed by atoms with Gasteiger partial charge in [0.05, 0.1) is 24.6 Å². The molecule has 2 aromatic carbocycles. The molecule has 0 bridgehead atoms. The average Bonchev–Trinajstić information content (AvgIpc) is 3.15. The van der Waals surface area contributed by atoms with Gasteiger partial charge in [0, 0.05) is 41.9 Å². The zero-order valence-corrected chi connectivity index (χ0v) is 14.5. The summed E-state index contributed by atoms with van der Waals surface area (Å²) < 4.78 is 0. The van der Waals surface area contributed by atoms with Crippen molar-refractivity contribution in [2.24, 2.45) is 0 Å². The van der Waals surface area contributed by atoms with Gasteiger partial charge in [-0.3, -0.25) is 14.9 Å². The van der Waals surface area contributed by atoms with E-state index in [1.807, 2.05) is 12.1 Å². The fourth-order valence-corrected chi connectivity index (χ4v) is 3.16. The zero-order chi connectivity index (χ0) is 18.4. The molecule has 7 heteroatoms. The Hall–Kier alpha value is -2.93. The molecule has 0 aliphatic carbocycles. The number of nitrogens with one attached hydrogen (secondary N) is 3. The van der Waals surface area contributed by atoms with Crippen LogP contribution in [0.4, 0.5) is 17.1 Å². The molecule has 1 saturated heterocycles. The Balaban J connectivity index is 1.48. The fourth-order valence-electron chi connectivity index (χ4n) is 3.16. The summed E-state index contributed by atoms with van der Waals surface area (Å²) in [6, 6.07) is 14.0. The van der Waals surface area contributed by atoms with E-state index < -0.39 is 4.92 Å². The van der Waals surface area contributed by atoms with Gasteiger partial charge in [-0.2, -0.15) is 0 Å². The molecular formula is C19H23N4O3+. The van der Waals surface area contributed by atoms with Crippen LogP contribution in [0.2, 0.25) is 0 Å². The van der Waals surface area contributed by atoms with Crippen LogP contribution < -0.4 is 15.5 Å². The van der Waals surface area contributed by atoms with Crippen LogP contribution in [0, 0.1) is 10.1 Å².